The molecular weight excluding hydrogens is 472 g/mol. The SMILES string of the molecule is C[C@H](NC(=O)[C@H](CCC(=O)O)NC(=O)c1ccc2ccccc2c1)C(=O)N[C@H](CN=[N+]=[N-])CC(=O)O. The number of carbonyl (C=O) groups is 5. The Morgan fingerprint density at radius 1 is 0.944 bits per heavy atom. The summed E-state index contributed by atoms with van der Waals surface area (Å²) in [5.74, 6) is -4.54. The maximum absolute atomic E-state index is 12.8. The van der Waals surface area contributed by atoms with Crippen LogP contribution in [-0.2, 0) is 19.2 Å². The number of carboxylic acid groups (broad SMARTS) is 2. The highest BCUT2D eigenvalue weighted by Gasteiger charge is 2.27. The number of nitrogens with zero attached hydrogens (tertiary/aromatic N) is 3. The molecule has 0 heterocycles. The second kappa shape index (κ2) is 13.3. The summed E-state index contributed by atoms with van der Waals surface area (Å²) in [5, 5.41) is 30.2. The number of fused-ring (bicyclic) bond motifs is 1. The standard InChI is InChI=1S/C23H26N6O7/c1-13(21(34)27-17(11-20(32)33)12-25-29-24)26-23(36)18(8-9-19(30)31)28-22(35)16-7-6-14-4-2-3-5-15(14)10-16/h2-7,10,13,17-18H,8-9,11-12H2,1H3,(H,26,36)(H,27,34)(H,28,35)(H,30,31)(H,32,33)/t13-,17-,18-/m0/s1. The van der Waals surface area contributed by atoms with Crippen LogP contribution in [0.1, 0.15) is 36.5 Å². The number of hydrogen-bond acceptors (Lipinski definition) is 6. The smallest absolute Gasteiger partial charge is 0.305 e. The molecule has 0 aliphatic carbocycles. The van der Waals surface area contributed by atoms with Crippen molar-refractivity contribution in [1.29, 1.82) is 0 Å². The van der Waals surface area contributed by atoms with Crippen molar-refractivity contribution in [3.8, 4) is 0 Å². The Morgan fingerprint density at radius 2 is 1.64 bits per heavy atom. The fraction of sp³-hybridized carbons (Fsp3) is 0.348. The molecule has 2 aromatic rings. The molecule has 0 spiro atoms. The normalized spacial score (nSPS) is 12.9. The van der Waals surface area contributed by atoms with Crippen LogP contribution in [0.3, 0.4) is 0 Å². The van der Waals surface area contributed by atoms with Crippen molar-refractivity contribution in [3.05, 3.63) is 58.5 Å². The van der Waals surface area contributed by atoms with Gasteiger partial charge in [-0.1, -0.05) is 35.4 Å². The first-order valence-corrected chi connectivity index (χ1v) is 11.0. The van der Waals surface area contributed by atoms with Crippen LogP contribution in [0.2, 0.25) is 0 Å². The molecule has 36 heavy (non-hydrogen) atoms. The van der Waals surface area contributed by atoms with E-state index in [1.54, 1.807) is 18.2 Å². The van der Waals surface area contributed by atoms with E-state index in [0.717, 1.165) is 10.8 Å². The first-order chi connectivity index (χ1) is 17.1. The van der Waals surface area contributed by atoms with Gasteiger partial charge in [-0.2, -0.15) is 0 Å². The molecule has 0 radical (unpaired) electrons. The van der Waals surface area contributed by atoms with Crippen molar-refractivity contribution in [2.45, 2.75) is 44.3 Å². The van der Waals surface area contributed by atoms with Crippen LogP contribution in [0, 0.1) is 0 Å². The summed E-state index contributed by atoms with van der Waals surface area (Å²) in [6.45, 7) is 1.02. The minimum Gasteiger partial charge on any atom is -0.481 e. The Morgan fingerprint density at radius 3 is 2.28 bits per heavy atom. The molecule has 2 aromatic carbocycles. The van der Waals surface area contributed by atoms with Gasteiger partial charge in [0.1, 0.15) is 12.1 Å². The Hall–Kier alpha value is -4.64. The van der Waals surface area contributed by atoms with Gasteiger partial charge in [-0.15, -0.1) is 0 Å². The molecule has 0 saturated carbocycles. The van der Waals surface area contributed by atoms with E-state index in [-0.39, 0.29) is 18.5 Å². The molecule has 3 amide bonds. The van der Waals surface area contributed by atoms with Crippen molar-refractivity contribution < 1.29 is 34.2 Å². The van der Waals surface area contributed by atoms with Gasteiger partial charge < -0.3 is 26.2 Å². The van der Waals surface area contributed by atoms with Crippen LogP contribution in [0.4, 0.5) is 0 Å². The van der Waals surface area contributed by atoms with E-state index in [9.17, 15) is 24.0 Å². The Kier molecular flexibility index (Phi) is 10.2. The van der Waals surface area contributed by atoms with Gasteiger partial charge in [0.15, 0.2) is 0 Å². The van der Waals surface area contributed by atoms with Gasteiger partial charge in [0, 0.05) is 29.5 Å². The molecular formula is C23H26N6O7. The third-order valence-electron chi connectivity index (χ3n) is 5.17. The van der Waals surface area contributed by atoms with E-state index in [1.807, 2.05) is 24.3 Å². The summed E-state index contributed by atoms with van der Waals surface area (Å²) in [6.07, 6.45) is -1.15. The van der Waals surface area contributed by atoms with Gasteiger partial charge >= 0.3 is 11.9 Å². The molecule has 0 bridgehead atoms. The van der Waals surface area contributed by atoms with Gasteiger partial charge in [-0.05, 0) is 41.8 Å². The molecule has 0 aliphatic rings. The molecule has 5 N–H and O–H groups in total. The lowest BCUT2D eigenvalue weighted by Crippen LogP contribution is -2.54. The maximum atomic E-state index is 12.8. The van der Waals surface area contributed by atoms with Gasteiger partial charge in [-0.25, -0.2) is 0 Å². The highest BCUT2D eigenvalue weighted by Crippen LogP contribution is 2.16. The predicted molar refractivity (Wildman–Crippen MR) is 128 cm³/mol. The van der Waals surface area contributed by atoms with E-state index in [0.29, 0.717) is 0 Å². The van der Waals surface area contributed by atoms with Gasteiger partial charge in [-0.3, -0.25) is 24.0 Å². The maximum Gasteiger partial charge on any atom is 0.305 e. The van der Waals surface area contributed by atoms with Crippen molar-refractivity contribution in [1.82, 2.24) is 16.0 Å². The topological polar surface area (TPSA) is 211 Å². The number of hydrogen-bond donors (Lipinski definition) is 5. The second-order valence-electron chi connectivity index (χ2n) is 7.97. The zero-order chi connectivity index (χ0) is 26.7. The lowest BCUT2D eigenvalue weighted by Gasteiger charge is -2.22. The van der Waals surface area contributed by atoms with E-state index in [2.05, 4.69) is 26.0 Å². The largest absolute Gasteiger partial charge is 0.481 e. The zero-order valence-electron chi connectivity index (χ0n) is 19.4. The molecule has 190 valence electrons. The number of benzene rings is 2. The van der Waals surface area contributed by atoms with Crippen LogP contribution in [-0.4, -0.2) is 64.5 Å². The minimum atomic E-state index is -1.26. The first-order valence-electron chi connectivity index (χ1n) is 11.0. The molecule has 0 saturated heterocycles. The van der Waals surface area contributed by atoms with Crippen LogP contribution >= 0.6 is 0 Å². The van der Waals surface area contributed by atoms with Crippen molar-refractivity contribution >= 4 is 40.4 Å². The van der Waals surface area contributed by atoms with Gasteiger partial charge in [0.05, 0.1) is 6.42 Å². The van der Waals surface area contributed by atoms with Gasteiger partial charge in [0.25, 0.3) is 5.91 Å². The fourth-order valence-corrected chi connectivity index (χ4v) is 3.32. The third kappa shape index (κ3) is 8.61. The minimum absolute atomic E-state index is 0.229. The number of carbonyl (C=O) groups excluding carboxylic acids is 3. The number of aliphatic carboxylic acids is 2. The molecule has 3 atom stereocenters. The lowest BCUT2D eigenvalue weighted by atomic mass is 10.1. The molecule has 0 fully saturated rings. The third-order valence-corrected chi connectivity index (χ3v) is 5.17. The van der Waals surface area contributed by atoms with Crippen molar-refractivity contribution in [2.75, 3.05) is 6.54 Å². The van der Waals surface area contributed by atoms with E-state index in [1.165, 1.54) is 6.92 Å². The number of carboxylic acids is 2. The average Bonchev–Trinajstić information content (AvgIpc) is 2.83. The first kappa shape index (κ1) is 27.6. The van der Waals surface area contributed by atoms with Crippen molar-refractivity contribution in [3.63, 3.8) is 0 Å². The second-order valence-corrected chi connectivity index (χ2v) is 7.97. The van der Waals surface area contributed by atoms with Crippen LogP contribution < -0.4 is 16.0 Å². The summed E-state index contributed by atoms with van der Waals surface area (Å²) in [6, 6.07) is 8.90. The Labute approximate surface area is 205 Å². The average molecular weight is 498 g/mol. The molecule has 0 aliphatic heterocycles. The molecule has 2 rings (SSSR count). The monoisotopic (exact) mass is 498 g/mol. The lowest BCUT2D eigenvalue weighted by molar-refractivity contribution is -0.139. The van der Waals surface area contributed by atoms with Crippen LogP contribution in [0.15, 0.2) is 47.6 Å². The quantitative estimate of drug-likeness (QED) is 0.156. The van der Waals surface area contributed by atoms with E-state index >= 15 is 0 Å². The predicted octanol–water partition coefficient (Wildman–Crippen LogP) is 1.58. The van der Waals surface area contributed by atoms with Crippen molar-refractivity contribution in [2.24, 2.45) is 5.11 Å². The number of rotatable bonds is 13. The highest BCUT2D eigenvalue weighted by molar-refractivity contribution is 6.01. The summed E-state index contributed by atoms with van der Waals surface area (Å²) in [4.78, 5) is 62.6. The van der Waals surface area contributed by atoms with E-state index < -0.39 is 60.6 Å². The summed E-state index contributed by atoms with van der Waals surface area (Å²) in [5.41, 5.74) is 8.70. The molecule has 0 unspecified atom stereocenters. The molecule has 13 heteroatoms. The summed E-state index contributed by atoms with van der Waals surface area (Å²) < 4.78 is 0. The van der Waals surface area contributed by atoms with Gasteiger partial charge in [0.2, 0.25) is 11.8 Å². The fourth-order valence-electron chi connectivity index (χ4n) is 3.32. The highest BCUT2D eigenvalue weighted by atomic mass is 16.4. The number of amides is 3. The van der Waals surface area contributed by atoms with E-state index in [4.69, 9.17) is 15.7 Å². The number of nitrogens with one attached hydrogen (secondary N) is 3. The van der Waals surface area contributed by atoms with Crippen LogP contribution in [0.25, 0.3) is 21.2 Å². The van der Waals surface area contributed by atoms with Crippen LogP contribution in [0.5, 0.6) is 0 Å². The molecule has 0 aromatic heterocycles. The Balaban J connectivity index is 2.09. The summed E-state index contributed by atoms with van der Waals surface area (Å²) >= 11 is 0. The Bertz CT molecular complexity index is 1190. The zero-order valence-corrected chi connectivity index (χ0v) is 19.4. The number of azide groups is 1. The molecule has 13 nitrogen and oxygen atoms in total. The summed E-state index contributed by atoms with van der Waals surface area (Å²) in [7, 11) is 0.